The standard InChI is InChI=1S/C36H43ClFN5O4/c1-21-6-4-5-7-23(21)13-28(44)12-22(2)32-31(37)14-30-34(33(32)38)40-36(41-35(30)42-15-24-8-9-25(16-42)39-24)47-20-29(45-3)17-43-26-10-11-27(43)19-46-18-26/h4-7,12-14,24-27,29,39,44H,8-11,15-20H2,1-3H3/b22-12+,28-13+/t24?,25?,26?,27?,29-/m1/s1. The van der Waals surface area contributed by atoms with Crippen molar-refractivity contribution < 1.29 is 23.7 Å². The first-order valence-electron chi connectivity index (χ1n) is 16.6. The average molecular weight is 664 g/mol. The molecule has 7 rings (SSSR count). The van der Waals surface area contributed by atoms with Gasteiger partial charge in [-0.1, -0.05) is 35.9 Å². The molecule has 0 radical (unpaired) electrons. The number of methoxy groups -OCH3 is 1. The number of aromatic nitrogens is 2. The number of aliphatic hydroxyl groups excluding tert-OH is 1. The summed E-state index contributed by atoms with van der Waals surface area (Å²) in [5.74, 6) is 0.0277. The molecule has 3 aromatic rings. The van der Waals surface area contributed by atoms with Crippen molar-refractivity contribution in [2.45, 2.75) is 69.8 Å². The summed E-state index contributed by atoms with van der Waals surface area (Å²) >= 11 is 6.81. The SMILES string of the molecule is CO[C@@H](COc1nc(N2CC3CCC(C2)N3)c2cc(Cl)c(/C(C)=C/C(O)=C\c3ccccc3C)c(F)c2n1)CN1C2CCC1COC2. The molecule has 5 heterocycles. The van der Waals surface area contributed by atoms with Crippen molar-refractivity contribution >= 4 is 40.0 Å². The second kappa shape index (κ2) is 13.7. The summed E-state index contributed by atoms with van der Waals surface area (Å²) in [6.45, 7) is 7.63. The molecule has 47 heavy (non-hydrogen) atoms. The van der Waals surface area contributed by atoms with Gasteiger partial charge in [-0.25, -0.2) is 4.39 Å². The van der Waals surface area contributed by atoms with Crippen molar-refractivity contribution in [3.05, 3.63) is 69.7 Å². The van der Waals surface area contributed by atoms with Crippen LogP contribution in [0.4, 0.5) is 10.2 Å². The Labute approximate surface area is 280 Å². The molecule has 4 bridgehead atoms. The van der Waals surface area contributed by atoms with Crippen LogP contribution in [0.15, 0.2) is 42.2 Å². The van der Waals surface area contributed by atoms with Crippen molar-refractivity contribution in [2.24, 2.45) is 0 Å². The predicted molar refractivity (Wildman–Crippen MR) is 183 cm³/mol. The van der Waals surface area contributed by atoms with Crippen LogP contribution >= 0.6 is 11.6 Å². The molecule has 1 aromatic heterocycles. The zero-order chi connectivity index (χ0) is 32.7. The lowest BCUT2D eigenvalue weighted by Gasteiger charge is -2.36. The fourth-order valence-electron chi connectivity index (χ4n) is 7.65. The third-order valence-corrected chi connectivity index (χ3v) is 10.4. The normalized spacial score (nSPS) is 25.5. The number of nitrogens with one attached hydrogen (secondary N) is 1. The van der Waals surface area contributed by atoms with Gasteiger partial charge >= 0.3 is 6.01 Å². The summed E-state index contributed by atoms with van der Waals surface area (Å²) < 4.78 is 34.4. The van der Waals surface area contributed by atoms with E-state index in [0.717, 1.165) is 63.1 Å². The first-order valence-corrected chi connectivity index (χ1v) is 17.0. The number of rotatable bonds is 10. The van der Waals surface area contributed by atoms with E-state index in [1.54, 1.807) is 26.2 Å². The predicted octanol–water partition coefficient (Wildman–Crippen LogP) is 5.93. The van der Waals surface area contributed by atoms with E-state index in [4.69, 9.17) is 30.8 Å². The number of halogens is 2. The molecule has 9 nitrogen and oxygen atoms in total. The molecular weight excluding hydrogens is 621 g/mol. The van der Waals surface area contributed by atoms with Crippen molar-refractivity contribution in [2.75, 3.05) is 51.5 Å². The molecule has 4 unspecified atom stereocenters. The number of aryl methyl sites for hydroxylation is 1. The van der Waals surface area contributed by atoms with E-state index < -0.39 is 5.82 Å². The van der Waals surface area contributed by atoms with Gasteiger partial charge in [0.1, 0.15) is 29.8 Å². The highest BCUT2D eigenvalue weighted by Gasteiger charge is 2.39. The van der Waals surface area contributed by atoms with Gasteiger partial charge in [-0.2, -0.15) is 9.97 Å². The number of fused-ring (bicyclic) bond motifs is 5. The van der Waals surface area contributed by atoms with Crippen LogP contribution in [-0.4, -0.2) is 96.8 Å². The van der Waals surface area contributed by atoms with Crippen LogP contribution in [0, 0.1) is 12.7 Å². The highest BCUT2D eigenvalue weighted by Crippen LogP contribution is 2.38. The van der Waals surface area contributed by atoms with Gasteiger partial charge in [0, 0.05) is 61.9 Å². The molecule has 11 heteroatoms. The Bertz CT molecular complexity index is 1670. The van der Waals surface area contributed by atoms with Gasteiger partial charge in [0.15, 0.2) is 5.82 Å². The maximum atomic E-state index is 16.6. The molecule has 0 aliphatic carbocycles. The number of nitrogens with zero attached hydrogens (tertiary/aromatic N) is 4. The first-order chi connectivity index (χ1) is 22.8. The lowest BCUT2D eigenvalue weighted by Crippen LogP contribution is -2.51. The largest absolute Gasteiger partial charge is 0.508 e. The summed E-state index contributed by atoms with van der Waals surface area (Å²) in [7, 11) is 1.69. The molecule has 4 saturated heterocycles. The van der Waals surface area contributed by atoms with Crippen LogP contribution < -0.4 is 15.0 Å². The minimum atomic E-state index is -0.579. The number of piperazine rings is 1. The zero-order valence-electron chi connectivity index (χ0n) is 27.2. The Hall–Kier alpha value is -3.28. The molecule has 5 atom stereocenters. The quantitative estimate of drug-likeness (QED) is 0.202. The van der Waals surface area contributed by atoms with Crippen molar-refractivity contribution in [1.29, 1.82) is 0 Å². The van der Waals surface area contributed by atoms with Crippen LogP contribution in [0.1, 0.15) is 49.3 Å². The van der Waals surface area contributed by atoms with Crippen LogP contribution in [0.3, 0.4) is 0 Å². The number of hydrogen-bond acceptors (Lipinski definition) is 9. The van der Waals surface area contributed by atoms with Gasteiger partial charge in [-0.15, -0.1) is 0 Å². The van der Waals surface area contributed by atoms with Crippen LogP contribution in [0.2, 0.25) is 5.02 Å². The van der Waals surface area contributed by atoms with Crippen molar-refractivity contribution in [3.63, 3.8) is 0 Å². The van der Waals surface area contributed by atoms with Crippen LogP contribution in [-0.2, 0) is 9.47 Å². The van der Waals surface area contributed by atoms with E-state index in [9.17, 15) is 5.11 Å². The number of aliphatic hydroxyl groups is 1. The number of morpholine rings is 1. The molecule has 0 saturated carbocycles. The Morgan fingerprint density at radius 3 is 2.57 bits per heavy atom. The molecule has 2 aromatic carbocycles. The van der Waals surface area contributed by atoms with Crippen LogP contribution in [0.5, 0.6) is 6.01 Å². The van der Waals surface area contributed by atoms with E-state index in [0.29, 0.717) is 47.5 Å². The highest BCUT2D eigenvalue weighted by atomic mass is 35.5. The summed E-state index contributed by atoms with van der Waals surface area (Å²) in [5, 5.41) is 15.2. The van der Waals surface area contributed by atoms with E-state index in [2.05, 4.69) is 20.1 Å². The second-order valence-electron chi connectivity index (χ2n) is 13.4. The molecule has 4 aliphatic rings. The minimum absolute atomic E-state index is 0.00429. The van der Waals surface area contributed by atoms with E-state index in [-0.39, 0.29) is 40.6 Å². The Balaban J connectivity index is 1.22. The van der Waals surface area contributed by atoms with E-state index in [1.807, 2.05) is 31.2 Å². The van der Waals surface area contributed by atoms with E-state index >= 15 is 4.39 Å². The first kappa shape index (κ1) is 32.3. The number of hydrogen-bond donors (Lipinski definition) is 2. The smallest absolute Gasteiger partial charge is 0.319 e. The minimum Gasteiger partial charge on any atom is -0.508 e. The number of anilines is 1. The fourth-order valence-corrected chi connectivity index (χ4v) is 7.99. The lowest BCUT2D eigenvalue weighted by atomic mass is 10.0. The monoisotopic (exact) mass is 663 g/mol. The molecule has 4 fully saturated rings. The van der Waals surface area contributed by atoms with Gasteiger partial charge in [0.2, 0.25) is 0 Å². The Morgan fingerprint density at radius 1 is 1.15 bits per heavy atom. The van der Waals surface area contributed by atoms with Gasteiger partial charge in [-0.3, -0.25) is 4.90 Å². The highest BCUT2D eigenvalue weighted by molar-refractivity contribution is 6.33. The number of allylic oxidation sites excluding steroid dienone is 2. The summed E-state index contributed by atoms with van der Waals surface area (Å²) in [4.78, 5) is 14.1. The summed E-state index contributed by atoms with van der Waals surface area (Å²) in [6.07, 6.45) is 7.41. The number of ether oxygens (including phenoxy) is 3. The second-order valence-corrected chi connectivity index (χ2v) is 13.8. The maximum Gasteiger partial charge on any atom is 0.319 e. The molecule has 4 aliphatic heterocycles. The maximum absolute atomic E-state index is 16.6. The average Bonchev–Trinajstić information content (AvgIpc) is 3.49. The zero-order valence-corrected chi connectivity index (χ0v) is 28.0. The fraction of sp³-hybridized carbons (Fsp3) is 0.500. The summed E-state index contributed by atoms with van der Waals surface area (Å²) in [5.41, 5.74) is 2.67. The summed E-state index contributed by atoms with van der Waals surface area (Å²) in [6, 6.07) is 11.1. The molecule has 0 amide bonds. The third-order valence-electron chi connectivity index (χ3n) is 10.1. The molecule has 250 valence electrons. The molecule has 0 spiro atoms. The van der Waals surface area contributed by atoms with Gasteiger partial charge in [-0.05, 0) is 74.4 Å². The van der Waals surface area contributed by atoms with Crippen molar-refractivity contribution in [3.8, 4) is 6.01 Å². The van der Waals surface area contributed by atoms with Crippen LogP contribution in [0.25, 0.3) is 22.6 Å². The Morgan fingerprint density at radius 2 is 1.87 bits per heavy atom. The van der Waals surface area contributed by atoms with Gasteiger partial charge < -0.3 is 29.5 Å². The lowest BCUT2D eigenvalue weighted by molar-refractivity contribution is -0.0481. The topological polar surface area (TPSA) is 92.2 Å². The molecule has 2 N–H and O–H groups in total. The Kier molecular flexibility index (Phi) is 9.40. The number of benzene rings is 2. The van der Waals surface area contributed by atoms with Gasteiger partial charge in [0.05, 0.1) is 18.2 Å². The third kappa shape index (κ3) is 6.71. The van der Waals surface area contributed by atoms with Crippen molar-refractivity contribution in [1.82, 2.24) is 20.2 Å². The van der Waals surface area contributed by atoms with E-state index in [1.165, 1.54) is 6.08 Å². The van der Waals surface area contributed by atoms with Gasteiger partial charge in [0.25, 0.3) is 0 Å². The molecular formula is C36H43ClFN5O4.